The SMILES string of the molecule is C=O.CC(=O)CCSC1CC(=O)N(CCC(=O)NCCOCCOCCC(=O)Oc2c(F)c(F)c(F)c(F)c2F)C1. The number of thioether (sulfide) groups is 1. The van der Waals surface area contributed by atoms with E-state index in [-0.39, 0.29) is 62.2 Å². The molecule has 0 aliphatic carbocycles. The Hall–Kier alpha value is -3.11. The quantitative estimate of drug-likeness (QED) is 0.0703. The molecule has 0 spiro atoms. The first kappa shape index (κ1) is 35.9. The van der Waals surface area contributed by atoms with E-state index < -0.39 is 47.2 Å². The maximum Gasteiger partial charge on any atom is 0.313 e. The highest BCUT2D eigenvalue weighted by molar-refractivity contribution is 8.00. The monoisotopic (exact) mass is 614 g/mol. The molecular weight excluding hydrogens is 583 g/mol. The Morgan fingerprint density at radius 2 is 1.49 bits per heavy atom. The van der Waals surface area contributed by atoms with Crippen molar-refractivity contribution < 1.29 is 60.1 Å². The second kappa shape index (κ2) is 19.1. The maximum absolute atomic E-state index is 13.5. The van der Waals surface area contributed by atoms with Gasteiger partial charge in [-0.3, -0.25) is 19.2 Å². The van der Waals surface area contributed by atoms with Crippen molar-refractivity contribution in [3.8, 4) is 5.75 Å². The molecule has 0 bridgehead atoms. The van der Waals surface area contributed by atoms with Gasteiger partial charge in [-0.05, 0) is 6.92 Å². The van der Waals surface area contributed by atoms with Gasteiger partial charge in [0, 0.05) is 49.9 Å². The summed E-state index contributed by atoms with van der Waals surface area (Å²) in [6, 6.07) is 0. The molecule has 1 N–H and O–H groups in total. The van der Waals surface area contributed by atoms with Crippen LogP contribution in [-0.4, -0.2) is 92.3 Å². The standard InChI is InChI=1S/C24H29F5N2O7S.CH2O/c1-14(32)4-11-39-15-12-17(34)31(13-15)6-2-16(33)30-5-8-37-10-9-36-7-3-18(35)38-24-22(28)20(26)19(25)21(27)23(24)29;1-2/h15H,2-13H2,1H3,(H,30,33);1H2. The number of amides is 2. The molecule has 1 saturated heterocycles. The first-order valence-corrected chi connectivity index (χ1v) is 13.4. The van der Waals surface area contributed by atoms with Crippen LogP contribution in [0.4, 0.5) is 22.0 Å². The Balaban J connectivity index is 0.00000411. The Morgan fingerprint density at radius 1 is 0.902 bits per heavy atom. The predicted molar refractivity (Wildman–Crippen MR) is 136 cm³/mol. The largest absolute Gasteiger partial charge is 0.420 e. The third-order valence-electron chi connectivity index (χ3n) is 5.37. The van der Waals surface area contributed by atoms with E-state index in [4.69, 9.17) is 14.3 Å². The Kier molecular flexibility index (Phi) is 16.7. The number of Topliss-reactive ketones (excluding diaryl/α,β-unsaturated/α-hetero) is 1. The molecular formula is C25H31F5N2O8S. The number of hydrogen-bond donors (Lipinski definition) is 1. The molecule has 1 aliphatic heterocycles. The molecule has 1 atom stereocenters. The molecule has 1 fully saturated rings. The summed E-state index contributed by atoms with van der Waals surface area (Å²) in [6.45, 7) is 4.60. The minimum Gasteiger partial charge on any atom is -0.420 e. The lowest BCUT2D eigenvalue weighted by molar-refractivity contribution is -0.136. The molecule has 41 heavy (non-hydrogen) atoms. The predicted octanol–water partition coefficient (Wildman–Crippen LogP) is 2.35. The summed E-state index contributed by atoms with van der Waals surface area (Å²) in [5.74, 6) is -13.8. The number of carbonyl (C=O) groups is 5. The second-order valence-corrected chi connectivity index (χ2v) is 9.84. The molecule has 1 aliphatic rings. The van der Waals surface area contributed by atoms with Crippen molar-refractivity contribution in [1.29, 1.82) is 0 Å². The molecule has 1 heterocycles. The summed E-state index contributed by atoms with van der Waals surface area (Å²) in [5.41, 5.74) is 0. The summed E-state index contributed by atoms with van der Waals surface area (Å²) in [5, 5.41) is 2.78. The van der Waals surface area contributed by atoms with Gasteiger partial charge in [0.15, 0.2) is 0 Å². The molecule has 1 aromatic carbocycles. The van der Waals surface area contributed by atoms with E-state index in [0.29, 0.717) is 31.7 Å². The van der Waals surface area contributed by atoms with Gasteiger partial charge >= 0.3 is 5.97 Å². The number of nitrogens with one attached hydrogen (secondary N) is 1. The van der Waals surface area contributed by atoms with Gasteiger partial charge in [0.2, 0.25) is 46.6 Å². The number of esters is 1. The molecule has 16 heteroatoms. The number of rotatable bonds is 17. The third-order valence-corrected chi connectivity index (χ3v) is 6.60. The topological polar surface area (TPSA) is 128 Å². The van der Waals surface area contributed by atoms with Crippen LogP contribution in [0.1, 0.15) is 32.6 Å². The smallest absolute Gasteiger partial charge is 0.313 e. The fourth-order valence-electron chi connectivity index (χ4n) is 3.34. The zero-order chi connectivity index (χ0) is 30.9. The van der Waals surface area contributed by atoms with Gasteiger partial charge in [0.1, 0.15) is 12.6 Å². The fraction of sp³-hybridized carbons (Fsp3) is 0.560. The summed E-state index contributed by atoms with van der Waals surface area (Å²) < 4.78 is 80.8. The molecule has 0 radical (unpaired) electrons. The number of carbonyl (C=O) groups excluding carboxylic acids is 5. The number of benzene rings is 1. The number of nitrogens with zero attached hydrogens (tertiary/aromatic N) is 1. The van der Waals surface area contributed by atoms with Gasteiger partial charge in [-0.25, -0.2) is 13.2 Å². The van der Waals surface area contributed by atoms with E-state index in [9.17, 15) is 41.1 Å². The van der Waals surface area contributed by atoms with Gasteiger partial charge in [-0.2, -0.15) is 20.5 Å². The van der Waals surface area contributed by atoms with Crippen LogP contribution >= 0.6 is 11.8 Å². The molecule has 2 rings (SSSR count). The lowest BCUT2D eigenvalue weighted by Crippen LogP contribution is -2.33. The first-order chi connectivity index (χ1) is 19.5. The van der Waals surface area contributed by atoms with Crippen LogP contribution in [0.15, 0.2) is 0 Å². The zero-order valence-electron chi connectivity index (χ0n) is 22.3. The Labute approximate surface area is 237 Å². The lowest BCUT2D eigenvalue weighted by Gasteiger charge is -2.16. The highest BCUT2D eigenvalue weighted by atomic mass is 32.2. The summed E-state index contributed by atoms with van der Waals surface area (Å²) >= 11 is 1.59. The Bertz CT molecular complexity index is 1040. The van der Waals surface area contributed by atoms with Crippen LogP contribution in [-0.2, 0) is 33.4 Å². The van der Waals surface area contributed by atoms with Crippen LogP contribution in [0, 0.1) is 29.1 Å². The van der Waals surface area contributed by atoms with Crippen molar-refractivity contribution in [3.63, 3.8) is 0 Å². The number of likely N-dealkylation sites (tertiary alicyclic amines) is 1. The van der Waals surface area contributed by atoms with E-state index in [2.05, 4.69) is 10.1 Å². The van der Waals surface area contributed by atoms with E-state index >= 15 is 0 Å². The number of hydrogen-bond acceptors (Lipinski definition) is 9. The van der Waals surface area contributed by atoms with Gasteiger partial charge in [0.05, 0.1) is 32.8 Å². The van der Waals surface area contributed by atoms with Gasteiger partial charge in [-0.15, -0.1) is 0 Å². The summed E-state index contributed by atoms with van der Waals surface area (Å²) in [7, 11) is 0. The number of halogens is 5. The van der Waals surface area contributed by atoms with Crippen LogP contribution in [0.5, 0.6) is 5.75 Å². The minimum absolute atomic E-state index is 0.0164. The van der Waals surface area contributed by atoms with Crippen molar-refractivity contribution in [2.45, 2.75) is 37.9 Å². The average Bonchev–Trinajstić information content (AvgIpc) is 3.30. The highest BCUT2D eigenvalue weighted by Crippen LogP contribution is 2.29. The fourth-order valence-corrected chi connectivity index (χ4v) is 4.62. The zero-order valence-corrected chi connectivity index (χ0v) is 23.1. The third kappa shape index (κ3) is 12.5. The van der Waals surface area contributed by atoms with E-state index in [1.807, 2.05) is 6.79 Å². The van der Waals surface area contributed by atoms with Gasteiger partial charge < -0.3 is 29.2 Å². The first-order valence-electron chi connectivity index (χ1n) is 12.3. The second-order valence-electron chi connectivity index (χ2n) is 8.44. The highest BCUT2D eigenvalue weighted by Gasteiger charge is 2.30. The van der Waals surface area contributed by atoms with Crippen molar-refractivity contribution >= 4 is 42.1 Å². The molecule has 1 unspecified atom stereocenters. The molecule has 0 aromatic heterocycles. The molecule has 10 nitrogen and oxygen atoms in total. The van der Waals surface area contributed by atoms with Crippen molar-refractivity contribution in [3.05, 3.63) is 29.1 Å². The summed E-state index contributed by atoms with van der Waals surface area (Å²) in [4.78, 5) is 56.3. The lowest BCUT2D eigenvalue weighted by atomic mass is 10.2. The number of ketones is 1. The Morgan fingerprint density at radius 3 is 2.10 bits per heavy atom. The van der Waals surface area contributed by atoms with Crippen molar-refractivity contribution in [2.24, 2.45) is 0 Å². The van der Waals surface area contributed by atoms with Crippen LogP contribution in [0.3, 0.4) is 0 Å². The maximum atomic E-state index is 13.5. The van der Waals surface area contributed by atoms with Crippen LogP contribution < -0.4 is 10.1 Å². The van der Waals surface area contributed by atoms with Crippen LogP contribution in [0.25, 0.3) is 0 Å². The molecule has 0 saturated carbocycles. The van der Waals surface area contributed by atoms with Crippen LogP contribution in [0.2, 0.25) is 0 Å². The van der Waals surface area contributed by atoms with E-state index in [1.54, 1.807) is 16.7 Å². The minimum atomic E-state index is -2.36. The van der Waals surface area contributed by atoms with Crippen molar-refractivity contribution in [1.82, 2.24) is 10.2 Å². The van der Waals surface area contributed by atoms with E-state index in [0.717, 1.165) is 0 Å². The van der Waals surface area contributed by atoms with Gasteiger partial charge in [0.25, 0.3) is 0 Å². The average molecular weight is 615 g/mol. The van der Waals surface area contributed by atoms with Gasteiger partial charge in [-0.1, -0.05) is 0 Å². The normalized spacial score (nSPS) is 14.4. The van der Waals surface area contributed by atoms with Crippen molar-refractivity contribution in [2.75, 3.05) is 51.8 Å². The summed E-state index contributed by atoms with van der Waals surface area (Å²) in [6.07, 6.45) is 0.483. The van der Waals surface area contributed by atoms with E-state index in [1.165, 1.54) is 6.92 Å². The molecule has 2 amide bonds. The number of ether oxygens (including phenoxy) is 3. The molecule has 1 aromatic rings. The molecule has 230 valence electrons.